The third-order valence-corrected chi connectivity index (χ3v) is 3.98. The topological polar surface area (TPSA) is 102 Å². The van der Waals surface area contributed by atoms with Gasteiger partial charge >= 0.3 is 11.9 Å². The lowest BCUT2D eigenvalue weighted by Gasteiger charge is -2.41. The summed E-state index contributed by atoms with van der Waals surface area (Å²) < 4.78 is 15.6. The van der Waals surface area contributed by atoms with Crippen LogP contribution in [-0.2, 0) is 19.0 Å². The fourth-order valence-corrected chi connectivity index (χ4v) is 2.79. The van der Waals surface area contributed by atoms with E-state index >= 15 is 0 Å². The minimum atomic E-state index is -1.55. The zero-order valence-electron chi connectivity index (χ0n) is 12.3. The molecule has 0 aromatic heterocycles. The summed E-state index contributed by atoms with van der Waals surface area (Å²) in [6, 6.07) is 8.25. The Balaban J connectivity index is 2.22. The van der Waals surface area contributed by atoms with Gasteiger partial charge in [-0.05, 0) is 12.1 Å². The minimum Gasteiger partial charge on any atom is -0.455 e. The second kappa shape index (κ2) is 7.87. The smallest absolute Gasteiger partial charge is 0.338 e. The van der Waals surface area contributed by atoms with Gasteiger partial charge in [0.1, 0.15) is 12.2 Å². The second-order valence-corrected chi connectivity index (χ2v) is 5.67. The van der Waals surface area contributed by atoms with Crippen molar-refractivity contribution in [2.24, 2.45) is 0 Å². The Kier molecular flexibility index (Phi) is 6.11. The Morgan fingerprint density at radius 3 is 2.39 bits per heavy atom. The zero-order chi connectivity index (χ0) is 17.0. The Morgan fingerprint density at radius 2 is 1.83 bits per heavy atom. The van der Waals surface area contributed by atoms with E-state index in [4.69, 9.17) is 14.2 Å². The largest absolute Gasteiger partial charge is 0.455 e. The number of carbonyl (C=O) groups excluding carboxylic acids is 2. The van der Waals surface area contributed by atoms with Crippen LogP contribution in [0.15, 0.2) is 30.3 Å². The van der Waals surface area contributed by atoms with Gasteiger partial charge in [-0.25, -0.2) is 4.79 Å². The van der Waals surface area contributed by atoms with Crippen molar-refractivity contribution in [3.8, 4) is 0 Å². The van der Waals surface area contributed by atoms with Gasteiger partial charge in [0.05, 0.1) is 5.56 Å². The standard InChI is InChI=1S/C15H17BrO7/c1-8(17)21-13-11(18)15(20)22-10(7-16)12(13)23-14(19)9-5-3-2-4-6-9/h2-6,10-13,15,18,20H,7H2,1H3/t10-,11-,12-,13-,15+/m1/s1. The van der Waals surface area contributed by atoms with Crippen molar-refractivity contribution in [3.63, 3.8) is 0 Å². The van der Waals surface area contributed by atoms with Gasteiger partial charge in [-0.15, -0.1) is 0 Å². The summed E-state index contributed by atoms with van der Waals surface area (Å²) in [5.41, 5.74) is 0.308. The lowest BCUT2D eigenvalue weighted by Crippen LogP contribution is -2.60. The SMILES string of the molecule is CC(=O)O[C@@H]1[C@@H](O)[C@@H](O)O[C@H](CBr)[C@H]1OC(=O)c1ccccc1. The summed E-state index contributed by atoms with van der Waals surface area (Å²) in [4.78, 5) is 23.5. The fraction of sp³-hybridized carbons (Fsp3) is 0.467. The fourth-order valence-electron chi connectivity index (χ4n) is 2.27. The number of hydrogen-bond donors (Lipinski definition) is 2. The lowest BCUT2D eigenvalue weighted by atomic mass is 9.99. The van der Waals surface area contributed by atoms with Crippen molar-refractivity contribution in [1.29, 1.82) is 0 Å². The molecule has 8 heteroatoms. The molecule has 0 aliphatic carbocycles. The molecular formula is C15H17BrO7. The van der Waals surface area contributed by atoms with Crippen LogP contribution < -0.4 is 0 Å². The maximum atomic E-state index is 12.2. The molecule has 126 valence electrons. The molecule has 2 rings (SSSR count). The van der Waals surface area contributed by atoms with E-state index in [9.17, 15) is 19.8 Å². The van der Waals surface area contributed by atoms with Gasteiger partial charge in [0.15, 0.2) is 18.5 Å². The number of ether oxygens (including phenoxy) is 3. The van der Waals surface area contributed by atoms with E-state index in [1.54, 1.807) is 30.3 Å². The first-order valence-corrected chi connectivity index (χ1v) is 8.07. The highest BCUT2D eigenvalue weighted by Crippen LogP contribution is 2.27. The van der Waals surface area contributed by atoms with E-state index in [0.29, 0.717) is 5.56 Å². The van der Waals surface area contributed by atoms with Gasteiger partial charge in [-0.1, -0.05) is 34.1 Å². The lowest BCUT2D eigenvalue weighted by molar-refractivity contribution is -0.279. The number of alkyl halides is 1. The number of benzene rings is 1. The summed E-state index contributed by atoms with van der Waals surface area (Å²) in [5, 5.41) is 19.9. The van der Waals surface area contributed by atoms with Crippen LogP contribution in [-0.4, -0.2) is 58.2 Å². The van der Waals surface area contributed by atoms with Crippen LogP contribution >= 0.6 is 15.9 Å². The average Bonchev–Trinajstić information content (AvgIpc) is 2.54. The van der Waals surface area contributed by atoms with Gasteiger partial charge in [-0.2, -0.15) is 0 Å². The maximum Gasteiger partial charge on any atom is 0.338 e. The predicted molar refractivity (Wildman–Crippen MR) is 81.9 cm³/mol. The highest BCUT2D eigenvalue weighted by Gasteiger charge is 2.48. The van der Waals surface area contributed by atoms with Crippen molar-refractivity contribution in [2.45, 2.75) is 37.6 Å². The first-order valence-electron chi connectivity index (χ1n) is 6.95. The third kappa shape index (κ3) is 4.29. The van der Waals surface area contributed by atoms with Gasteiger partial charge in [0, 0.05) is 12.3 Å². The van der Waals surface area contributed by atoms with Crippen molar-refractivity contribution in [2.75, 3.05) is 5.33 Å². The van der Waals surface area contributed by atoms with Crippen LogP contribution in [0.1, 0.15) is 17.3 Å². The third-order valence-electron chi connectivity index (χ3n) is 3.34. The molecule has 1 aromatic carbocycles. The summed E-state index contributed by atoms with van der Waals surface area (Å²) in [6.45, 7) is 1.16. The Bertz CT molecular complexity index is 550. The molecule has 7 nitrogen and oxygen atoms in total. The Morgan fingerprint density at radius 1 is 1.17 bits per heavy atom. The molecule has 0 bridgehead atoms. The second-order valence-electron chi connectivity index (χ2n) is 5.02. The molecule has 1 aliphatic heterocycles. The molecule has 0 amide bonds. The van der Waals surface area contributed by atoms with Crippen LogP contribution in [0.3, 0.4) is 0 Å². The quantitative estimate of drug-likeness (QED) is 0.575. The van der Waals surface area contributed by atoms with Gasteiger partial charge in [-0.3, -0.25) is 4.79 Å². The summed E-state index contributed by atoms with van der Waals surface area (Å²) in [7, 11) is 0. The number of esters is 2. The number of aliphatic hydroxyl groups is 2. The van der Waals surface area contributed by atoms with E-state index < -0.39 is 42.6 Å². The highest BCUT2D eigenvalue weighted by molar-refractivity contribution is 9.09. The molecule has 1 saturated heterocycles. The first-order chi connectivity index (χ1) is 10.9. The summed E-state index contributed by atoms with van der Waals surface area (Å²) in [6.07, 6.45) is -6.15. The van der Waals surface area contributed by atoms with Crippen LogP contribution in [0, 0.1) is 0 Å². The number of rotatable bonds is 4. The molecule has 1 heterocycles. The van der Waals surface area contributed by atoms with E-state index in [2.05, 4.69) is 15.9 Å². The molecule has 2 N–H and O–H groups in total. The van der Waals surface area contributed by atoms with E-state index in [1.807, 2.05) is 0 Å². The van der Waals surface area contributed by atoms with E-state index in [1.165, 1.54) is 0 Å². The number of hydrogen-bond acceptors (Lipinski definition) is 7. The van der Waals surface area contributed by atoms with Crippen LogP contribution in [0.2, 0.25) is 0 Å². The Labute approximate surface area is 141 Å². The van der Waals surface area contributed by atoms with Gasteiger partial charge < -0.3 is 24.4 Å². The number of carbonyl (C=O) groups is 2. The Hall–Kier alpha value is -1.48. The van der Waals surface area contributed by atoms with Crippen LogP contribution in [0.25, 0.3) is 0 Å². The van der Waals surface area contributed by atoms with Crippen LogP contribution in [0.5, 0.6) is 0 Å². The first kappa shape index (κ1) is 17.9. The highest BCUT2D eigenvalue weighted by atomic mass is 79.9. The molecule has 1 aromatic rings. The summed E-state index contributed by atoms with van der Waals surface area (Å²) in [5.74, 6) is -1.32. The molecule has 1 aliphatic rings. The zero-order valence-corrected chi connectivity index (χ0v) is 13.9. The molecule has 23 heavy (non-hydrogen) atoms. The van der Waals surface area contributed by atoms with Gasteiger partial charge in [0.2, 0.25) is 0 Å². The van der Waals surface area contributed by atoms with Crippen molar-refractivity contribution in [1.82, 2.24) is 0 Å². The molecular weight excluding hydrogens is 372 g/mol. The van der Waals surface area contributed by atoms with Gasteiger partial charge in [0.25, 0.3) is 0 Å². The average molecular weight is 389 g/mol. The predicted octanol–water partition coefficient (Wildman–Crippen LogP) is 0.617. The number of aliphatic hydroxyl groups excluding tert-OH is 2. The molecule has 0 saturated carbocycles. The summed E-state index contributed by atoms with van der Waals surface area (Å²) >= 11 is 3.19. The normalized spacial score (nSPS) is 30.5. The molecule has 0 unspecified atom stereocenters. The van der Waals surface area contributed by atoms with Crippen LogP contribution in [0.4, 0.5) is 0 Å². The minimum absolute atomic E-state index is 0.210. The van der Waals surface area contributed by atoms with Crippen molar-refractivity contribution >= 4 is 27.9 Å². The maximum absolute atomic E-state index is 12.2. The number of halogens is 1. The molecule has 0 spiro atoms. The van der Waals surface area contributed by atoms with E-state index in [0.717, 1.165) is 6.92 Å². The van der Waals surface area contributed by atoms with Crippen molar-refractivity contribution in [3.05, 3.63) is 35.9 Å². The van der Waals surface area contributed by atoms with Crippen molar-refractivity contribution < 1.29 is 34.0 Å². The molecule has 0 radical (unpaired) electrons. The molecule has 5 atom stereocenters. The molecule has 1 fully saturated rings. The monoisotopic (exact) mass is 388 g/mol. The van der Waals surface area contributed by atoms with E-state index in [-0.39, 0.29) is 5.33 Å².